The number of phosphoric ester groups is 1. The Bertz CT molecular complexity index is 754. The van der Waals surface area contributed by atoms with E-state index in [1.807, 2.05) is 60.7 Å². The molecule has 0 heterocycles. The molecule has 7 nitrogen and oxygen atoms in total. The molecule has 0 aliphatic heterocycles. The van der Waals surface area contributed by atoms with Gasteiger partial charge in [-0.05, 0) is 23.5 Å². The van der Waals surface area contributed by atoms with E-state index >= 15 is 0 Å². The predicted molar refractivity (Wildman–Crippen MR) is 107 cm³/mol. The van der Waals surface area contributed by atoms with E-state index in [2.05, 4.69) is 0 Å². The van der Waals surface area contributed by atoms with Crippen molar-refractivity contribution in [3.05, 3.63) is 71.8 Å². The topological polar surface area (TPSA) is 105 Å². The van der Waals surface area contributed by atoms with Crippen molar-refractivity contribution in [2.45, 2.75) is 51.0 Å². The molecule has 1 aliphatic carbocycles. The highest BCUT2D eigenvalue weighted by Gasteiger charge is 2.45. The molecule has 0 radical (unpaired) electrons. The Morgan fingerprint density at radius 2 is 1.31 bits per heavy atom. The van der Waals surface area contributed by atoms with Gasteiger partial charge in [-0.25, -0.2) is 4.57 Å². The number of hydrogen-bond acceptors (Lipinski definition) is 7. The molecule has 1 aliphatic rings. The van der Waals surface area contributed by atoms with Crippen molar-refractivity contribution in [2.75, 3.05) is 0 Å². The molecule has 29 heavy (non-hydrogen) atoms. The Balaban J connectivity index is 1.73. The second-order valence-electron chi connectivity index (χ2n) is 7.29. The lowest BCUT2D eigenvalue weighted by Gasteiger charge is -2.39. The van der Waals surface area contributed by atoms with Crippen molar-refractivity contribution in [3.8, 4) is 0 Å². The second kappa shape index (κ2) is 9.96. The zero-order chi connectivity index (χ0) is 20.9. The first kappa shape index (κ1) is 22.1. The quantitative estimate of drug-likeness (QED) is 0.562. The van der Waals surface area contributed by atoms with Gasteiger partial charge < -0.3 is 15.3 Å². The minimum atomic E-state index is -4.08. The van der Waals surface area contributed by atoms with Gasteiger partial charge in [-0.15, -0.1) is 0 Å². The molecular weight excluding hydrogens is 395 g/mol. The van der Waals surface area contributed by atoms with E-state index in [4.69, 9.17) is 13.6 Å². The van der Waals surface area contributed by atoms with Gasteiger partial charge in [0.1, 0.15) is 12.2 Å². The summed E-state index contributed by atoms with van der Waals surface area (Å²) in [4.78, 5) is 0. The summed E-state index contributed by atoms with van der Waals surface area (Å²) in [5.41, 5.74) is 1.57. The molecule has 0 bridgehead atoms. The maximum Gasteiger partial charge on any atom is 0.475 e. The molecule has 2 aromatic rings. The van der Waals surface area contributed by atoms with Crippen LogP contribution in [-0.2, 0) is 31.4 Å². The number of hydrogen-bond donors (Lipinski definition) is 3. The standard InChI is InChI=1S/C21H27O7P/c1-15-12-18(20(23)21(24)19(15)22)28-29(25,26-13-16-8-4-2-5-9-16)27-14-17-10-6-3-7-11-17/h2-11,15,18-24H,12-14H2,1H3/t15-,18-,19+,20+,21-/m0/s1. The van der Waals surface area contributed by atoms with Gasteiger partial charge in [0.05, 0.1) is 25.4 Å². The van der Waals surface area contributed by atoms with Crippen molar-refractivity contribution in [1.82, 2.24) is 0 Å². The first-order chi connectivity index (χ1) is 13.9. The molecule has 0 unspecified atom stereocenters. The molecule has 1 fully saturated rings. The lowest BCUT2D eigenvalue weighted by Crippen LogP contribution is -2.53. The summed E-state index contributed by atoms with van der Waals surface area (Å²) in [6, 6.07) is 18.3. The number of rotatable bonds is 8. The molecule has 158 valence electrons. The van der Waals surface area contributed by atoms with Crippen LogP contribution in [0.15, 0.2) is 60.7 Å². The van der Waals surface area contributed by atoms with Gasteiger partial charge in [0.25, 0.3) is 0 Å². The Labute approximate surface area is 170 Å². The summed E-state index contributed by atoms with van der Waals surface area (Å²) in [5.74, 6) is -0.352. The average molecular weight is 422 g/mol. The van der Waals surface area contributed by atoms with Crippen molar-refractivity contribution in [3.63, 3.8) is 0 Å². The molecule has 0 amide bonds. The monoisotopic (exact) mass is 422 g/mol. The Morgan fingerprint density at radius 1 is 0.828 bits per heavy atom. The zero-order valence-electron chi connectivity index (χ0n) is 16.2. The third-order valence-corrected chi connectivity index (χ3v) is 6.42. The van der Waals surface area contributed by atoms with Crippen LogP contribution in [0.2, 0.25) is 0 Å². The maximum absolute atomic E-state index is 13.3. The molecule has 3 N–H and O–H groups in total. The molecule has 0 spiro atoms. The van der Waals surface area contributed by atoms with Crippen LogP contribution in [0.25, 0.3) is 0 Å². The molecule has 2 aromatic carbocycles. The first-order valence-electron chi connectivity index (χ1n) is 9.57. The van der Waals surface area contributed by atoms with E-state index < -0.39 is 32.2 Å². The lowest BCUT2D eigenvalue weighted by molar-refractivity contribution is -0.153. The van der Waals surface area contributed by atoms with Gasteiger partial charge in [-0.1, -0.05) is 67.6 Å². The van der Waals surface area contributed by atoms with E-state index in [0.29, 0.717) is 0 Å². The zero-order valence-corrected chi connectivity index (χ0v) is 17.1. The van der Waals surface area contributed by atoms with Crippen LogP contribution in [0, 0.1) is 5.92 Å². The lowest BCUT2D eigenvalue weighted by atomic mass is 9.82. The minimum Gasteiger partial charge on any atom is -0.390 e. The van der Waals surface area contributed by atoms with E-state index in [9.17, 15) is 19.9 Å². The van der Waals surface area contributed by atoms with Gasteiger partial charge in [0, 0.05) is 0 Å². The van der Waals surface area contributed by atoms with Gasteiger partial charge in [-0.3, -0.25) is 13.6 Å². The SMILES string of the molecule is C[C@H]1C[C@H](OP(=O)(OCc2ccccc2)OCc2ccccc2)[C@@H](O)[C@@H](O)[C@@H]1O. The third kappa shape index (κ3) is 5.96. The van der Waals surface area contributed by atoms with Crippen LogP contribution in [-0.4, -0.2) is 39.7 Å². The van der Waals surface area contributed by atoms with Crippen LogP contribution in [0.3, 0.4) is 0 Å². The average Bonchev–Trinajstić information content (AvgIpc) is 2.75. The minimum absolute atomic E-state index is 0.00352. The van der Waals surface area contributed by atoms with E-state index in [-0.39, 0.29) is 25.6 Å². The highest BCUT2D eigenvalue weighted by Crippen LogP contribution is 2.53. The van der Waals surface area contributed by atoms with E-state index in [0.717, 1.165) is 11.1 Å². The Kier molecular flexibility index (Phi) is 7.60. The van der Waals surface area contributed by atoms with Crippen LogP contribution in [0.5, 0.6) is 0 Å². The van der Waals surface area contributed by atoms with Crippen molar-refractivity contribution < 1.29 is 33.5 Å². The summed E-state index contributed by atoms with van der Waals surface area (Å²) < 4.78 is 30.0. The molecule has 0 saturated heterocycles. The van der Waals surface area contributed by atoms with Crippen LogP contribution < -0.4 is 0 Å². The van der Waals surface area contributed by atoms with Crippen molar-refractivity contribution >= 4 is 7.82 Å². The van der Waals surface area contributed by atoms with Crippen LogP contribution in [0.4, 0.5) is 0 Å². The van der Waals surface area contributed by atoms with Gasteiger partial charge in [0.2, 0.25) is 0 Å². The summed E-state index contributed by atoms with van der Waals surface area (Å²) >= 11 is 0. The van der Waals surface area contributed by atoms with Gasteiger partial charge in [0.15, 0.2) is 0 Å². The Hall–Kier alpha value is -1.57. The smallest absolute Gasteiger partial charge is 0.390 e. The number of aliphatic hydroxyl groups excluding tert-OH is 3. The highest BCUT2D eigenvalue weighted by molar-refractivity contribution is 7.48. The number of benzene rings is 2. The summed E-state index contributed by atoms with van der Waals surface area (Å²) in [6.07, 6.45) is -4.69. The normalized spacial score (nSPS) is 27.7. The fourth-order valence-electron chi connectivity index (χ4n) is 3.23. The fraction of sp³-hybridized carbons (Fsp3) is 0.429. The summed E-state index contributed by atoms with van der Waals surface area (Å²) in [6.45, 7) is 1.71. The molecule has 0 aromatic heterocycles. The fourth-order valence-corrected chi connectivity index (χ4v) is 4.58. The van der Waals surface area contributed by atoms with Crippen molar-refractivity contribution in [1.29, 1.82) is 0 Å². The third-order valence-electron chi connectivity index (χ3n) is 5.00. The van der Waals surface area contributed by atoms with Crippen molar-refractivity contribution in [2.24, 2.45) is 5.92 Å². The first-order valence-corrected chi connectivity index (χ1v) is 11.0. The van der Waals surface area contributed by atoms with Crippen LogP contribution in [0.1, 0.15) is 24.5 Å². The molecule has 8 heteroatoms. The maximum atomic E-state index is 13.3. The molecule has 1 saturated carbocycles. The highest BCUT2D eigenvalue weighted by atomic mass is 31.2. The molecule has 5 atom stereocenters. The largest absolute Gasteiger partial charge is 0.475 e. The van der Waals surface area contributed by atoms with Gasteiger partial charge in [-0.2, -0.15) is 0 Å². The van der Waals surface area contributed by atoms with Gasteiger partial charge >= 0.3 is 7.82 Å². The predicted octanol–water partition coefficient (Wildman–Crippen LogP) is 3.04. The van der Waals surface area contributed by atoms with E-state index in [1.165, 1.54) is 0 Å². The van der Waals surface area contributed by atoms with E-state index in [1.54, 1.807) is 6.92 Å². The van der Waals surface area contributed by atoms with Crippen LogP contribution >= 0.6 is 7.82 Å². The second-order valence-corrected chi connectivity index (χ2v) is 8.92. The molecule has 3 rings (SSSR count). The summed E-state index contributed by atoms with van der Waals surface area (Å²) in [7, 11) is -4.08. The molecular formula is C21H27O7P. The number of aliphatic hydroxyl groups is 3. The Morgan fingerprint density at radius 3 is 1.79 bits per heavy atom. The summed E-state index contributed by atoms with van der Waals surface area (Å²) in [5, 5.41) is 30.3. The number of phosphoric acid groups is 1.